The van der Waals surface area contributed by atoms with Crippen molar-refractivity contribution in [1.82, 2.24) is 20.4 Å². The molecule has 0 aliphatic rings. The van der Waals surface area contributed by atoms with E-state index in [0.717, 1.165) is 25.3 Å². The number of nitrogens with one attached hydrogen (secondary N) is 2. The van der Waals surface area contributed by atoms with Crippen molar-refractivity contribution in [1.29, 1.82) is 0 Å². The molecule has 1 rings (SSSR count). The smallest absolute Gasteiger partial charge is 0.191 e. The van der Waals surface area contributed by atoms with Crippen molar-refractivity contribution < 1.29 is 0 Å². The molecule has 128 valence electrons. The molecule has 0 radical (unpaired) electrons. The minimum Gasteiger partial charge on any atom is -0.354 e. The highest BCUT2D eigenvalue weighted by Gasteiger charge is 2.14. The Balaban J connectivity index is 0.00000441. The van der Waals surface area contributed by atoms with Crippen LogP contribution in [0.25, 0.3) is 0 Å². The molecule has 5 nitrogen and oxygen atoms in total. The summed E-state index contributed by atoms with van der Waals surface area (Å²) < 4.78 is 2.00. The number of aryl methyl sites for hydroxylation is 2. The minimum absolute atomic E-state index is 0. The number of halogens is 1. The Morgan fingerprint density at radius 1 is 1.23 bits per heavy atom. The van der Waals surface area contributed by atoms with Crippen LogP contribution in [0.1, 0.15) is 51.6 Å². The van der Waals surface area contributed by atoms with E-state index in [1.54, 1.807) is 0 Å². The van der Waals surface area contributed by atoms with E-state index in [1.165, 1.54) is 17.0 Å². The van der Waals surface area contributed by atoms with Crippen LogP contribution in [0.5, 0.6) is 0 Å². The monoisotopic (exact) mass is 421 g/mol. The van der Waals surface area contributed by atoms with Gasteiger partial charge in [-0.2, -0.15) is 5.10 Å². The van der Waals surface area contributed by atoms with Gasteiger partial charge in [-0.25, -0.2) is 0 Å². The van der Waals surface area contributed by atoms with Crippen LogP contribution < -0.4 is 10.6 Å². The molecule has 22 heavy (non-hydrogen) atoms. The fraction of sp³-hybridized carbons (Fsp3) is 0.750. The zero-order valence-corrected chi connectivity index (χ0v) is 17.4. The van der Waals surface area contributed by atoms with Crippen LogP contribution in [0.4, 0.5) is 0 Å². The van der Waals surface area contributed by atoms with Gasteiger partial charge in [-0.1, -0.05) is 27.7 Å². The van der Waals surface area contributed by atoms with Gasteiger partial charge in [0.2, 0.25) is 0 Å². The molecule has 1 atom stereocenters. The summed E-state index contributed by atoms with van der Waals surface area (Å²) in [7, 11) is 3.84. The Morgan fingerprint density at radius 3 is 2.32 bits per heavy atom. The van der Waals surface area contributed by atoms with Gasteiger partial charge in [0.1, 0.15) is 0 Å². The second kappa shape index (κ2) is 10.1. The Bertz CT molecular complexity index is 479. The van der Waals surface area contributed by atoms with Crippen LogP contribution >= 0.6 is 24.0 Å². The molecule has 0 saturated heterocycles. The zero-order valence-electron chi connectivity index (χ0n) is 15.0. The third-order valence-corrected chi connectivity index (χ3v) is 4.05. The first-order valence-electron chi connectivity index (χ1n) is 7.95. The maximum absolute atomic E-state index is 4.61. The predicted molar refractivity (Wildman–Crippen MR) is 105 cm³/mol. The maximum Gasteiger partial charge on any atom is 0.191 e. The van der Waals surface area contributed by atoms with Crippen LogP contribution in [-0.4, -0.2) is 28.8 Å². The molecular formula is C16H32IN5. The van der Waals surface area contributed by atoms with Crippen LogP contribution in [0, 0.1) is 5.92 Å². The summed E-state index contributed by atoms with van der Waals surface area (Å²) in [4.78, 5) is 4.31. The van der Waals surface area contributed by atoms with Crippen molar-refractivity contribution in [2.24, 2.45) is 18.0 Å². The van der Waals surface area contributed by atoms with Crippen molar-refractivity contribution in [3.8, 4) is 0 Å². The summed E-state index contributed by atoms with van der Waals surface area (Å²) in [5.41, 5.74) is 3.78. The molecule has 2 N–H and O–H groups in total. The Morgan fingerprint density at radius 2 is 1.86 bits per heavy atom. The lowest BCUT2D eigenvalue weighted by Gasteiger charge is -2.21. The van der Waals surface area contributed by atoms with Crippen molar-refractivity contribution in [3.63, 3.8) is 0 Å². The van der Waals surface area contributed by atoms with Gasteiger partial charge in [-0.05, 0) is 25.7 Å². The van der Waals surface area contributed by atoms with Crippen molar-refractivity contribution in [2.75, 3.05) is 7.05 Å². The van der Waals surface area contributed by atoms with E-state index >= 15 is 0 Å². The molecular weight excluding hydrogens is 389 g/mol. The highest BCUT2D eigenvalue weighted by molar-refractivity contribution is 14.0. The average molecular weight is 421 g/mol. The lowest BCUT2D eigenvalue weighted by atomic mass is 10.1. The second-order valence-electron chi connectivity index (χ2n) is 5.81. The highest BCUT2D eigenvalue weighted by atomic mass is 127. The molecule has 0 aromatic carbocycles. The molecule has 0 spiro atoms. The topological polar surface area (TPSA) is 54.2 Å². The van der Waals surface area contributed by atoms with Crippen LogP contribution in [0.2, 0.25) is 0 Å². The van der Waals surface area contributed by atoms with Crippen LogP contribution in [0.3, 0.4) is 0 Å². The molecule has 0 aliphatic carbocycles. The summed E-state index contributed by atoms with van der Waals surface area (Å²) in [6.07, 6.45) is 1.95. The lowest BCUT2D eigenvalue weighted by molar-refractivity contribution is 0.481. The van der Waals surface area contributed by atoms with Gasteiger partial charge in [0.15, 0.2) is 5.96 Å². The fourth-order valence-corrected chi connectivity index (χ4v) is 2.34. The van der Waals surface area contributed by atoms with Crippen molar-refractivity contribution >= 4 is 29.9 Å². The number of aliphatic imine (C=N–C) groups is 1. The van der Waals surface area contributed by atoms with Crippen LogP contribution in [0.15, 0.2) is 4.99 Å². The number of nitrogens with zero attached hydrogens (tertiary/aromatic N) is 3. The lowest BCUT2D eigenvalue weighted by Crippen LogP contribution is -2.44. The molecule has 1 heterocycles. The summed E-state index contributed by atoms with van der Waals surface area (Å²) in [6, 6.07) is 0.390. The average Bonchev–Trinajstić information content (AvgIpc) is 2.77. The van der Waals surface area contributed by atoms with E-state index < -0.39 is 0 Å². The van der Waals surface area contributed by atoms with Crippen molar-refractivity contribution in [3.05, 3.63) is 17.0 Å². The molecule has 0 aliphatic heterocycles. The van der Waals surface area contributed by atoms with Gasteiger partial charge in [0, 0.05) is 37.9 Å². The first kappa shape index (κ1) is 21.2. The quantitative estimate of drug-likeness (QED) is 0.422. The van der Waals surface area contributed by atoms with Crippen LogP contribution in [-0.2, 0) is 26.4 Å². The first-order chi connectivity index (χ1) is 9.94. The normalized spacial score (nSPS) is 13.0. The summed E-state index contributed by atoms with van der Waals surface area (Å²) in [6.45, 7) is 11.7. The second-order valence-corrected chi connectivity index (χ2v) is 5.81. The first-order valence-corrected chi connectivity index (χ1v) is 7.95. The highest BCUT2D eigenvalue weighted by Crippen LogP contribution is 2.15. The zero-order chi connectivity index (χ0) is 16.0. The molecule has 6 heteroatoms. The molecule has 1 aromatic rings. The third kappa shape index (κ3) is 5.44. The molecule has 0 amide bonds. The molecule has 0 saturated carbocycles. The number of hydrogen-bond donors (Lipinski definition) is 2. The largest absolute Gasteiger partial charge is 0.354 e. The number of aromatic nitrogens is 2. The third-order valence-electron chi connectivity index (χ3n) is 4.05. The fourth-order valence-electron chi connectivity index (χ4n) is 2.34. The van der Waals surface area contributed by atoms with E-state index in [4.69, 9.17) is 0 Å². The van der Waals surface area contributed by atoms with E-state index in [-0.39, 0.29) is 24.0 Å². The molecule has 0 fully saturated rings. The maximum atomic E-state index is 4.61. The van der Waals surface area contributed by atoms with Gasteiger partial charge in [-0.15, -0.1) is 24.0 Å². The molecule has 0 bridgehead atoms. The van der Waals surface area contributed by atoms with Gasteiger partial charge in [0.25, 0.3) is 0 Å². The molecule has 1 aromatic heterocycles. The van der Waals surface area contributed by atoms with Crippen molar-refractivity contribution in [2.45, 2.75) is 60.0 Å². The Kier molecular flexibility index (Phi) is 9.71. The number of guanidine groups is 1. The van der Waals surface area contributed by atoms with Gasteiger partial charge >= 0.3 is 0 Å². The number of rotatable bonds is 6. The van der Waals surface area contributed by atoms with E-state index in [9.17, 15) is 0 Å². The Labute approximate surface area is 152 Å². The van der Waals surface area contributed by atoms with Gasteiger partial charge < -0.3 is 10.6 Å². The minimum atomic E-state index is 0. The van der Waals surface area contributed by atoms with E-state index in [2.05, 4.69) is 55.3 Å². The summed E-state index contributed by atoms with van der Waals surface area (Å²) >= 11 is 0. The van der Waals surface area contributed by atoms with E-state index in [1.807, 2.05) is 18.8 Å². The number of hydrogen-bond acceptors (Lipinski definition) is 2. The van der Waals surface area contributed by atoms with Gasteiger partial charge in [-0.3, -0.25) is 9.67 Å². The predicted octanol–water partition coefficient (Wildman–Crippen LogP) is 2.87. The molecule has 1 unspecified atom stereocenters. The SMILES string of the molecule is CCc1nn(C)c(CC)c1CNC(=NC)NC(C)C(C)C.I. The van der Waals surface area contributed by atoms with E-state index in [0.29, 0.717) is 12.0 Å². The summed E-state index contributed by atoms with van der Waals surface area (Å²) in [5, 5.41) is 11.5. The van der Waals surface area contributed by atoms with Gasteiger partial charge in [0.05, 0.1) is 5.69 Å². The Hall–Kier alpha value is -0.790. The standard InChI is InChI=1S/C16H31N5.HI/c1-8-14-13(15(9-2)21(7)20-14)10-18-16(17-6)19-12(5)11(3)4;/h11-12H,8-10H2,1-7H3,(H2,17,18,19);1H. The summed E-state index contributed by atoms with van der Waals surface area (Å²) in [5.74, 6) is 1.42.